The van der Waals surface area contributed by atoms with Gasteiger partial charge in [0.25, 0.3) is 0 Å². The van der Waals surface area contributed by atoms with Crippen LogP contribution in [0.5, 0.6) is 0 Å². The predicted molar refractivity (Wildman–Crippen MR) is 109 cm³/mol. The van der Waals surface area contributed by atoms with E-state index in [4.69, 9.17) is 5.73 Å². The Bertz CT molecular complexity index is 823. The van der Waals surface area contributed by atoms with Gasteiger partial charge in [0.15, 0.2) is 9.84 Å². The molecule has 0 bridgehead atoms. The van der Waals surface area contributed by atoms with Crippen molar-refractivity contribution >= 4 is 15.5 Å². The molecule has 0 aromatic heterocycles. The van der Waals surface area contributed by atoms with Crippen molar-refractivity contribution < 1.29 is 13.5 Å². The predicted octanol–water partition coefficient (Wildman–Crippen LogP) is 2.21. The molecule has 6 nitrogen and oxygen atoms in total. The van der Waals surface area contributed by atoms with E-state index in [9.17, 15) is 13.5 Å². The first-order chi connectivity index (χ1) is 12.7. The van der Waals surface area contributed by atoms with Crippen LogP contribution in [0.3, 0.4) is 0 Å². The fourth-order valence-corrected chi connectivity index (χ4v) is 4.51. The molecule has 2 aromatic rings. The topological polar surface area (TPSA) is 95.7 Å². The molecule has 0 heterocycles. The maximum atomic E-state index is 12.6. The Labute approximate surface area is 161 Å². The zero-order valence-corrected chi connectivity index (χ0v) is 16.7. The second-order valence-electron chi connectivity index (χ2n) is 7.07. The summed E-state index contributed by atoms with van der Waals surface area (Å²) in [5.41, 5.74) is 8.97. The van der Waals surface area contributed by atoms with Crippen LogP contribution in [0.1, 0.15) is 25.8 Å². The van der Waals surface area contributed by atoms with Gasteiger partial charge < -0.3 is 10.8 Å². The van der Waals surface area contributed by atoms with Crippen molar-refractivity contribution in [3.05, 3.63) is 60.2 Å². The van der Waals surface area contributed by atoms with Crippen molar-refractivity contribution in [2.75, 3.05) is 24.6 Å². The highest BCUT2D eigenvalue weighted by Gasteiger charge is 2.30. The molecule has 0 saturated heterocycles. The zero-order chi connectivity index (χ0) is 19.9. The average Bonchev–Trinajstić information content (AvgIpc) is 2.60. The Hall–Kier alpha value is -1.93. The summed E-state index contributed by atoms with van der Waals surface area (Å²) in [5.74, 6) is -0.387. The molecule has 7 heteroatoms. The minimum atomic E-state index is -3.65. The van der Waals surface area contributed by atoms with Crippen LogP contribution in [0.25, 0.3) is 0 Å². The first kappa shape index (κ1) is 21.4. The van der Waals surface area contributed by atoms with E-state index in [0.29, 0.717) is 12.2 Å². The zero-order valence-electron chi connectivity index (χ0n) is 15.9. The van der Waals surface area contributed by atoms with Crippen molar-refractivity contribution in [3.63, 3.8) is 0 Å². The fraction of sp³-hybridized carbons (Fsp3) is 0.400. The van der Waals surface area contributed by atoms with Crippen molar-refractivity contribution in [2.45, 2.75) is 37.3 Å². The van der Waals surface area contributed by atoms with E-state index in [1.54, 1.807) is 12.1 Å². The van der Waals surface area contributed by atoms with Crippen LogP contribution in [0.4, 0.5) is 5.69 Å². The largest absolute Gasteiger partial charge is 0.399 e. The van der Waals surface area contributed by atoms with Crippen LogP contribution < -0.4 is 11.2 Å². The Balaban J connectivity index is 2.01. The summed E-state index contributed by atoms with van der Waals surface area (Å²) in [6, 6.07) is 16.1. The fourth-order valence-electron chi connectivity index (χ4n) is 2.82. The Morgan fingerprint density at radius 3 is 2.48 bits per heavy atom. The number of sulfone groups is 1. The van der Waals surface area contributed by atoms with E-state index >= 15 is 0 Å². The molecule has 2 aromatic carbocycles. The van der Waals surface area contributed by atoms with Crippen LogP contribution in [0.15, 0.2) is 59.5 Å². The maximum absolute atomic E-state index is 12.6. The lowest BCUT2D eigenvalue weighted by atomic mass is 10.1. The van der Waals surface area contributed by atoms with Crippen LogP contribution >= 0.6 is 0 Å². The molecule has 0 aliphatic carbocycles. The van der Waals surface area contributed by atoms with E-state index in [2.05, 4.69) is 12.3 Å². The average molecular weight is 392 g/mol. The van der Waals surface area contributed by atoms with Gasteiger partial charge in [-0.1, -0.05) is 43.3 Å². The molecule has 27 heavy (non-hydrogen) atoms. The number of anilines is 1. The minimum Gasteiger partial charge on any atom is -0.399 e. The van der Waals surface area contributed by atoms with E-state index < -0.39 is 15.4 Å². The molecule has 148 valence electrons. The van der Waals surface area contributed by atoms with Gasteiger partial charge in [0.1, 0.15) is 0 Å². The summed E-state index contributed by atoms with van der Waals surface area (Å²) in [4.78, 5) is 0.123. The second kappa shape index (κ2) is 9.32. The highest BCUT2D eigenvalue weighted by molar-refractivity contribution is 7.91. The summed E-state index contributed by atoms with van der Waals surface area (Å²) in [5, 5.41) is 12.7. The molecule has 0 aliphatic rings. The van der Waals surface area contributed by atoms with Crippen LogP contribution in [-0.4, -0.2) is 43.0 Å². The van der Waals surface area contributed by atoms with Gasteiger partial charge in [-0.3, -0.25) is 5.43 Å². The molecule has 2 rings (SSSR count). The van der Waals surface area contributed by atoms with Crippen molar-refractivity contribution in [1.29, 1.82) is 0 Å². The Kier molecular flexibility index (Phi) is 7.38. The van der Waals surface area contributed by atoms with E-state index in [-0.39, 0.29) is 17.2 Å². The molecule has 0 amide bonds. The van der Waals surface area contributed by atoms with Gasteiger partial charge in [-0.2, -0.15) is 0 Å². The van der Waals surface area contributed by atoms with Gasteiger partial charge in [-0.25, -0.2) is 13.4 Å². The summed E-state index contributed by atoms with van der Waals surface area (Å²) < 4.78 is 25.2. The molecule has 0 radical (unpaired) electrons. The third-order valence-electron chi connectivity index (χ3n) is 4.11. The molecule has 1 atom stereocenters. The van der Waals surface area contributed by atoms with E-state index in [1.165, 1.54) is 19.1 Å². The second-order valence-corrected chi connectivity index (χ2v) is 9.06. The minimum absolute atomic E-state index is 0.123. The number of hydrogen-bond acceptors (Lipinski definition) is 6. The number of nitrogen functional groups attached to an aromatic ring is 1. The van der Waals surface area contributed by atoms with Gasteiger partial charge in [-0.05, 0) is 37.1 Å². The summed E-state index contributed by atoms with van der Waals surface area (Å²) >= 11 is 0. The number of nitrogens with zero attached hydrogens (tertiary/aromatic N) is 1. The summed E-state index contributed by atoms with van der Waals surface area (Å²) in [6.45, 7) is 5.18. The van der Waals surface area contributed by atoms with Gasteiger partial charge in [0, 0.05) is 25.3 Å². The Morgan fingerprint density at radius 2 is 1.85 bits per heavy atom. The third kappa shape index (κ3) is 6.95. The quantitative estimate of drug-likeness (QED) is 0.425. The summed E-state index contributed by atoms with van der Waals surface area (Å²) in [7, 11) is -3.65. The van der Waals surface area contributed by atoms with Crippen LogP contribution in [0.2, 0.25) is 0 Å². The lowest BCUT2D eigenvalue weighted by Gasteiger charge is -2.29. The van der Waals surface area contributed by atoms with Crippen LogP contribution in [-0.2, 0) is 16.4 Å². The lowest BCUT2D eigenvalue weighted by Crippen LogP contribution is -2.49. The molecule has 0 saturated carbocycles. The molecule has 0 fully saturated rings. The van der Waals surface area contributed by atoms with Crippen LogP contribution in [0, 0.1) is 0 Å². The number of hydrazine groups is 1. The number of nitrogens with two attached hydrogens (primary N) is 1. The van der Waals surface area contributed by atoms with Gasteiger partial charge in [0.05, 0.1) is 16.2 Å². The first-order valence-electron chi connectivity index (χ1n) is 9.05. The SMILES string of the molecule is CCCN(Cc1ccccc1)NC[C@@](C)(O)CS(=O)(=O)c1cccc(N)c1. The molecular formula is C20H29N3O3S. The number of nitrogens with one attached hydrogen (secondary N) is 1. The first-order valence-corrected chi connectivity index (χ1v) is 10.7. The van der Waals surface area contributed by atoms with Crippen molar-refractivity contribution in [2.24, 2.45) is 0 Å². The highest BCUT2D eigenvalue weighted by Crippen LogP contribution is 2.19. The molecule has 0 aliphatic heterocycles. The van der Waals surface area contributed by atoms with Gasteiger partial charge in [-0.15, -0.1) is 0 Å². The molecule has 0 unspecified atom stereocenters. The number of rotatable bonds is 10. The van der Waals surface area contributed by atoms with Gasteiger partial charge in [0.2, 0.25) is 0 Å². The standard InChI is InChI=1S/C20H29N3O3S/c1-3-12-23(14-17-8-5-4-6-9-17)22-15-20(2,24)16-27(25,26)19-11-7-10-18(21)13-19/h4-11,13,22,24H,3,12,14-16,21H2,1-2H3/t20-/m1/s1. The number of aliphatic hydroxyl groups is 1. The molecular weight excluding hydrogens is 362 g/mol. The van der Waals surface area contributed by atoms with Gasteiger partial charge >= 0.3 is 0 Å². The monoisotopic (exact) mass is 391 g/mol. The normalized spacial score (nSPS) is 14.2. The van der Waals surface area contributed by atoms with E-state index in [1.807, 2.05) is 35.3 Å². The molecule has 0 spiro atoms. The van der Waals surface area contributed by atoms with E-state index in [0.717, 1.165) is 18.5 Å². The summed E-state index contributed by atoms with van der Waals surface area (Å²) in [6.07, 6.45) is 0.934. The maximum Gasteiger partial charge on any atom is 0.181 e. The third-order valence-corrected chi connectivity index (χ3v) is 6.09. The van der Waals surface area contributed by atoms with Crippen molar-refractivity contribution in [1.82, 2.24) is 10.4 Å². The molecule has 4 N–H and O–H groups in total. The lowest BCUT2D eigenvalue weighted by molar-refractivity contribution is 0.0477. The number of benzene rings is 2. The number of hydrogen-bond donors (Lipinski definition) is 3. The highest BCUT2D eigenvalue weighted by atomic mass is 32.2. The smallest absolute Gasteiger partial charge is 0.181 e. The Morgan fingerprint density at radius 1 is 1.15 bits per heavy atom. The van der Waals surface area contributed by atoms with Crippen molar-refractivity contribution in [3.8, 4) is 0 Å².